The van der Waals surface area contributed by atoms with E-state index in [-0.39, 0.29) is 5.76 Å². The summed E-state index contributed by atoms with van der Waals surface area (Å²) in [7, 11) is 0. The molecular weight excluding hydrogens is 97.0 g/mol. The smallest absolute Gasteiger partial charge is 0.171 e. The predicted octanol–water partition coefficient (Wildman–Crippen LogP) is 0.703. The van der Waals surface area contributed by atoms with E-state index in [1.165, 1.54) is 6.92 Å². The minimum Gasteiger partial charge on any atom is -0.513 e. The Labute approximate surface area is 41.4 Å². The van der Waals surface area contributed by atoms with Crippen LogP contribution in [0.4, 0.5) is 4.39 Å². The summed E-state index contributed by atoms with van der Waals surface area (Å²) in [6.45, 7) is 1.36. The van der Waals surface area contributed by atoms with Crippen molar-refractivity contribution in [1.29, 1.82) is 0 Å². The number of hydrogen-bond donors (Lipinski definition) is 2. The summed E-state index contributed by atoms with van der Waals surface area (Å²) in [5.74, 6) is -0.0880. The van der Waals surface area contributed by atoms with E-state index in [0.717, 1.165) is 6.08 Å². The molecule has 42 valence electrons. The van der Waals surface area contributed by atoms with Gasteiger partial charge in [-0.3, -0.25) is 5.73 Å². The monoisotopic (exact) mass is 105 g/mol. The third-order valence-corrected chi connectivity index (χ3v) is 0.400. The van der Waals surface area contributed by atoms with Crippen LogP contribution in [0.15, 0.2) is 11.8 Å². The first-order valence-electron chi connectivity index (χ1n) is 1.90. The van der Waals surface area contributed by atoms with E-state index in [1.807, 2.05) is 0 Å². The summed E-state index contributed by atoms with van der Waals surface area (Å²) in [6, 6.07) is 0. The second-order valence-electron chi connectivity index (χ2n) is 1.25. The Kier molecular flexibility index (Phi) is 2.37. The molecule has 1 unspecified atom stereocenters. The number of aliphatic hydroxyl groups excluding tert-OH is 1. The summed E-state index contributed by atoms with van der Waals surface area (Å²) in [6.07, 6.45) is -0.620. The molecule has 0 amide bonds. The van der Waals surface area contributed by atoms with Gasteiger partial charge in [0.25, 0.3) is 0 Å². The van der Waals surface area contributed by atoms with E-state index < -0.39 is 6.30 Å². The van der Waals surface area contributed by atoms with Crippen LogP contribution < -0.4 is 5.73 Å². The number of aliphatic hydroxyl groups is 1. The van der Waals surface area contributed by atoms with Gasteiger partial charge in [0, 0.05) is 6.08 Å². The number of hydrogen-bond acceptors (Lipinski definition) is 2. The molecule has 0 heterocycles. The summed E-state index contributed by atoms with van der Waals surface area (Å²) in [4.78, 5) is 0. The van der Waals surface area contributed by atoms with Crippen molar-refractivity contribution in [3.63, 3.8) is 0 Å². The van der Waals surface area contributed by atoms with Crippen LogP contribution in [-0.4, -0.2) is 11.4 Å². The van der Waals surface area contributed by atoms with Crippen molar-refractivity contribution in [2.24, 2.45) is 5.73 Å². The van der Waals surface area contributed by atoms with E-state index in [2.05, 4.69) is 5.73 Å². The maximum Gasteiger partial charge on any atom is 0.171 e. The van der Waals surface area contributed by atoms with Crippen LogP contribution in [0, 0.1) is 0 Å². The topological polar surface area (TPSA) is 46.2 Å². The van der Waals surface area contributed by atoms with Crippen LogP contribution in [-0.2, 0) is 0 Å². The van der Waals surface area contributed by atoms with Gasteiger partial charge in [-0.25, -0.2) is 4.39 Å². The zero-order valence-corrected chi connectivity index (χ0v) is 4.06. The SMILES string of the molecule is C/C(O)=C/C(N)F. The van der Waals surface area contributed by atoms with Crippen molar-refractivity contribution in [3.8, 4) is 0 Å². The van der Waals surface area contributed by atoms with Crippen LogP contribution >= 0.6 is 0 Å². The normalized spacial score (nSPS) is 16.7. The van der Waals surface area contributed by atoms with Gasteiger partial charge < -0.3 is 5.11 Å². The number of alkyl halides is 1. The highest BCUT2D eigenvalue weighted by atomic mass is 19.1. The van der Waals surface area contributed by atoms with Crippen molar-refractivity contribution in [3.05, 3.63) is 11.8 Å². The third-order valence-electron chi connectivity index (χ3n) is 0.400. The van der Waals surface area contributed by atoms with Crippen molar-refractivity contribution >= 4 is 0 Å². The summed E-state index contributed by atoms with van der Waals surface area (Å²) < 4.78 is 11.5. The van der Waals surface area contributed by atoms with Gasteiger partial charge in [0.1, 0.15) is 0 Å². The summed E-state index contributed by atoms with van der Waals surface area (Å²) in [5.41, 5.74) is 4.59. The number of nitrogens with two attached hydrogens (primary N) is 1. The minimum absolute atomic E-state index is 0.0880. The Balaban J connectivity index is 3.45. The third kappa shape index (κ3) is 5.43. The van der Waals surface area contributed by atoms with Gasteiger partial charge in [-0.2, -0.15) is 0 Å². The van der Waals surface area contributed by atoms with Crippen LogP contribution in [0.1, 0.15) is 6.92 Å². The molecule has 0 saturated carbocycles. The average Bonchev–Trinajstić information content (AvgIpc) is 1.27. The highest BCUT2D eigenvalue weighted by Crippen LogP contribution is 1.87. The standard InChI is InChI=1S/C4H8FNO/c1-3(7)2-4(5)6/h2,4,7H,6H2,1H3/b3-2-. The Bertz CT molecular complexity index is 75.8. The molecule has 0 aromatic rings. The molecule has 0 fully saturated rings. The zero-order valence-electron chi connectivity index (χ0n) is 4.06. The zero-order chi connectivity index (χ0) is 5.86. The lowest BCUT2D eigenvalue weighted by Crippen LogP contribution is -2.08. The molecule has 0 radical (unpaired) electrons. The first-order valence-corrected chi connectivity index (χ1v) is 1.90. The van der Waals surface area contributed by atoms with Gasteiger partial charge in [0.05, 0.1) is 5.76 Å². The Morgan fingerprint density at radius 1 is 2.00 bits per heavy atom. The molecule has 3 N–H and O–H groups in total. The van der Waals surface area contributed by atoms with Crippen LogP contribution in [0.3, 0.4) is 0 Å². The number of allylic oxidation sites excluding steroid dienone is 1. The molecule has 0 saturated heterocycles. The maximum absolute atomic E-state index is 11.5. The minimum atomic E-state index is -1.54. The first kappa shape index (κ1) is 6.43. The van der Waals surface area contributed by atoms with E-state index in [9.17, 15) is 4.39 Å². The van der Waals surface area contributed by atoms with E-state index in [1.54, 1.807) is 0 Å². The Morgan fingerprint density at radius 2 is 2.43 bits per heavy atom. The van der Waals surface area contributed by atoms with Gasteiger partial charge in [0.2, 0.25) is 0 Å². The maximum atomic E-state index is 11.5. The van der Waals surface area contributed by atoms with Crippen LogP contribution in [0.25, 0.3) is 0 Å². The quantitative estimate of drug-likeness (QED) is 0.381. The lowest BCUT2D eigenvalue weighted by molar-refractivity contribution is 0.371. The molecule has 0 aliphatic rings. The fourth-order valence-corrected chi connectivity index (χ4v) is 0.230. The van der Waals surface area contributed by atoms with Gasteiger partial charge in [-0.15, -0.1) is 0 Å². The molecule has 3 heteroatoms. The van der Waals surface area contributed by atoms with Crippen molar-refractivity contribution in [2.45, 2.75) is 13.2 Å². The fraction of sp³-hybridized carbons (Fsp3) is 0.500. The molecule has 2 nitrogen and oxygen atoms in total. The van der Waals surface area contributed by atoms with Gasteiger partial charge >= 0.3 is 0 Å². The highest BCUT2D eigenvalue weighted by molar-refractivity contribution is 4.89. The van der Waals surface area contributed by atoms with Crippen LogP contribution in [0.2, 0.25) is 0 Å². The van der Waals surface area contributed by atoms with E-state index in [0.29, 0.717) is 0 Å². The largest absolute Gasteiger partial charge is 0.513 e. The molecule has 0 aromatic heterocycles. The highest BCUT2D eigenvalue weighted by Gasteiger charge is 1.88. The summed E-state index contributed by atoms with van der Waals surface area (Å²) in [5, 5.41) is 8.26. The molecule has 0 aromatic carbocycles. The van der Waals surface area contributed by atoms with E-state index >= 15 is 0 Å². The molecule has 0 bridgehead atoms. The number of halogens is 1. The molecule has 1 atom stereocenters. The lowest BCUT2D eigenvalue weighted by atomic mass is 10.5. The van der Waals surface area contributed by atoms with Gasteiger partial charge in [0.15, 0.2) is 6.30 Å². The second-order valence-corrected chi connectivity index (χ2v) is 1.25. The van der Waals surface area contributed by atoms with Gasteiger partial charge in [-0.05, 0) is 6.92 Å². The van der Waals surface area contributed by atoms with Crippen molar-refractivity contribution in [1.82, 2.24) is 0 Å². The lowest BCUT2D eigenvalue weighted by Gasteiger charge is -1.89. The van der Waals surface area contributed by atoms with Crippen molar-refractivity contribution < 1.29 is 9.50 Å². The van der Waals surface area contributed by atoms with E-state index in [4.69, 9.17) is 5.11 Å². The van der Waals surface area contributed by atoms with Crippen molar-refractivity contribution in [2.75, 3.05) is 0 Å². The number of rotatable bonds is 1. The molecule has 0 rings (SSSR count). The molecule has 7 heavy (non-hydrogen) atoms. The molecular formula is C4H8FNO. The fourth-order valence-electron chi connectivity index (χ4n) is 0.230. The Hall–Kier alpha value is -0.570. The summed E-state index contributed by atoms with van der Waals surface area (Å²) >= 11 is 0. The van der Waals surface area contributed by atoms with Gasteiger partial charge in [-0.1, -0.05) is 0 Å². The molecule has 0 aliphatic heterocycles. The molecule has 0 aliphatic carbocycles. The second kappa shape index (κ2) is 2.58. The average molecular weight is 105 g/mol. The Morgan fingerprint density at radius 3 is 2.43 bits per heavy atom. The molecule has 0 spiro atoms. The predicted molar refractivity (Wildman–Crippen MR) is 25.5 cm³/mol. The first-order chi connectivity index (χ1) is 3.13. The van der Waals surface area contributed by atoms with Crippen LogP contribution in [0.5, 0.6) is 0 Å².